The van der Waals surface area contributed by atoms with Crippen LogP contribution in [0.2, 0.25) is 0 Å². The summed E-state index contributed by atoms with van der Waals surface area (Å²) in [5, 5.41) is 0. The van der Waals surface area contributed by atoms with Crippen molar-refractivity contribution in [3.63, 3.8) is 0 Å². The highest BCUT2D eigenvalue weighted by Crippen LogP contribution is 2.65. The van der Waals surface area contributed by atoms with Gasteiger partial charge in [-0.2, -0.15) is 65.9 Å². The third kappa shape index (κ3) is 3.46. The number of hydrogen-bond acceptors (Lipinski definition) is 0. The van der Waals surface area contributed by atoms with Gasteiger partial charge in [0, 0.05) is 0 Å². The van der Waals surface area contributed by atoms with Gasteiger partial charge >= 0.3 is 41.7 Å². The first-order valence-electron chi connectivity index (χ1n) is 5.83. The van der Waals surface area contributed by atoms with Crippen molar-refractivity contribution in [2.45, 2.75) is 36.3 Å². The number of halogens is 18. The van der Waals surface area contributed by atoms with Gasteiger partial charge in [0.25, 0.3) is 0 Å². The molecular formula is C10H2F18. The Kier molecular flexibility index (Phi) is 6.41. The molecule has 0 radical (unpaired) electrons. The van der Waals surface area contributed by atoms with Crippen LogP contribution in [0.3, 0.4) is 0 Å². The normalized spacial score (nSPS) is 16.9. The Bertz CT molecular complexity index is 561. The zero-order valence-corrected chi connectivity index (χ0v) is 12.0. The van der Waals surface area contributed by atoms with Crippen molar-refractivity contribution in [2.24, 2.45) is 5.41 Å². The highest BCUT2D eigenvalue weighted by Gasteiger charge is 2.88. The minimum atomic E-state index is -8.12. The van der Waals surface area contributed by atoms with Crippen LogP contribution in [-0.2, 0) is 0 Å². The van der Waals surface area contributed by atoms with E-state index < -0.39 is 60.0 Å². The number of hydrogen-bond donors (Lipinski definition) is 0. The molecule has 0 nitrogen and oxygen atoms in total. The van der Waals surface area contributed by atoms with Gasteiger partial charge < -0.3 is 0 Å². The highest BCUT2D eigenvalue weighted by atomic mass is 19.4. The van der Waals surface area contributed by atoms with E-state index in [0.29, 0.717) is 0 Å². The van der Waals surface area contributed by atoms with Gasteiger partial charge in [0.15, 0.2) is 12.5 Å². The molecule has 18 heteroatoms. The lowest BCUT2D eigenvalue weighted by atomic mass is 9.82. The average Bonchev–Trinajstić information content (AvgIpc) is 2.41. The monoisotopic (exact) mass is 464 g/mol. The van der Waals surface area contributed by atoms with E-state index >= 15 is 0 Å². The second-order valence-corrected chi connectivity index (χ2v) is 4.86. The van der Waals surface area contributed by atoms with Crippen LogP contribution in [0.15, 0.2) is 11.7 Å². The Balaban J connectivity index is 7.28. The van der Waals surface area contributed by atoms with E-state index in [1.807, 2.05) is 0 Å². The van der Waals surface area contributed by atoms with Gasteiger partial charge in [0.1, 0.15) is 0 Å². The van der Waals surface area contributed by atoms with Crippen molar-refractivity contribution < 1.29 is 79.0 Å². The molecule has 0 fully saturated rings. The summed E-state index contributed by atoms with van der Waals surface area (Å²) in [6.07, 6.45) is -24.2. The number of rotatable bonds is 5. The summed E-state index contributed by atoms with van der Waals surface area (Å²) in [6.45, 7) is -3.83. The third-order valence-corrected chi connectivity index (χ3v) is 3.09. The maximum atomic E-state index is 13.3. The minimum Gasteiger partial charge on any atom is -0.244 e. The molecule has 0 saturated heterocycles. The van der Waals surface area contributed by atoms with Crippen LogP contribution in [0.5, 0.6) is 0 Å². The predicted molar refractivity (Wildman–Crippen MR) is 50.7 cm³/mol. The smallest absolute Gasteiger partial charge is 0.244 e. The molecule has 0 unspecified atom stereocenters. The quantitative estimate of drug-likeness (QED) is 0.398. The number of alkyl halides is 16. The second kappa shape index (κ2) is 6.77. The Morgan fingerprint density at radius 2 is 0.786 bits per heavy atom. The topological polar surface area (TPSA) is 0 Å². The molecule has 0 amide bonds. The first-order chi connectivity index (χ1) is 11.9. The Hall–Kier alpha value is -1.52. The average molecular weight is 464 g/mol. The molecule has 0 bridgehead atoms. The van der Waals surface area contributed by atoms with E-state index in [9.17, 15) is 79.0 Å². The van der Waals surface area contributed by atoms with E-state index in [1.54, 1.807) is 0 Å². The minimum absolute atomic E-state index is 3.83. The molecule has 0 spiro atoms. The van der Waals surface area contributed by atoms with Gasteiger partial charge in [-0.15, -0.1) is 0 Å². The molecule has 0 aliphatic carbocycles. The Morgan fingerprint density at radius 1 is 0.500 bits per heavy atom. The lowest BCUT2D eigenvalue weighted by molar-refractivity contribution is -0.417. The Morgan fingerprint density at radius 3 is 1.00 bits per heavy atom. The van der Waals surface area contributed by atoms with E-state index in [-0.39, 0.29) is 0 Å². The molecule has 0 aromatic carbocycles. The summed E-state index contributed by atoms with van der Waals surface area (Å²) in [4.78, 5) is 0. The zero-order valence-electron chi connectivity index (χ0n) is 12.0. The fraction of sp³-hybridized carbons (Fsp3) is 0.800. The van der Waals surface area contributed by atoms with Crippen LogP contribution < -0.4 is 0 Å². The van der Waals surface area contributed by atoms with E-state index in [1.165, 1.54) is 0 Å². The van der Waals surface area contributed by atoms with Gasteiger partial charge in [-0.25, -0.2) is 13.2 Å². The van der Waals surface area contributed by atoms with Crippen LogP contribution in [0.4, 0.5) is 79.0 Å². The zero-order chi connectivity index (χ0) is 23.4. The molecule has 0 rings (SSSR count). The maximum absolute atomic E-state index is 13.3. The van der Waals surface area contributed by atoms with Gasteiger partial charge in [-0.1, -0.05) is 0 Å². The van der Waals surface area contributed by atoms with Crippen molar-refractivity contribution in [2.75, 3.05) is 6.67 Å². The van der Waals surface area contributed by atoms with Gasteiger partial charge in [0.2, 0.25) is 5.83 Å². The molecule has 0 aromatic heterocycles. The first kappa shape index (κ1) is 26.5. The summed E-state index contributed by atoms with van der Waals surface area (Å²) in [5.41, 5.74) is -8.12. The van der Waals surface area contributed by atoms with Crippen molar-refractivity contribution >= 4 is 0 Å². The molecule has 0 aliphatic heterocycles. The summed E-state index contributed by atoms with van der Waals surface area (Å²) >= 11 is 0. The summed E-state index contributed by atoms with van der Waals surface area (Å²) in [5.74, 6) is -33.2. The largest absolute Gasteiger partial charge is 0.418 e. The van der Waals surface area contributed by atoms with Crippen LogP contribution >= 0.6 is 0 Å². The van der Waals surface area contributed by atoms with E-state index in [0.717, 1.165) is 0 Å². The SMILES string of the molecule is FCC(F)(F)C(F)(F)C(F)(F)C(F)=C(F)C(C(F)(F)F)(C(F)(F)F)C(F)(F)F. The van der Waals surface area contributed by atoms with E-state index in [2.05, 4.69) is 0 Å². The van der Waals surface area contributed by atoms with Crippen molar-refractivity contribution in [1.82, 2.24) is 0 Å². The predicted octanol–water partition coefficient (Wildman–Crippen LogP) is 6.69. The van der Waals surface area contributed by atoms with Gasteiger partial charge in [0.05, 0.1) is 0 Å². The summed E-state index contributed by atoms with van der Waals surface area (Å²) in [6, 6.07) is 0. The van der Waals surface area contributed by atoms with Crippen molar-refractivity contribution in [1.29, 1.82) is 0 Å². The van der Waals surface area contributed by atoms with Crippen LogP contribution in [0, 0.1) is 5.41 Å². The van der Waals surface area contributed by atoms with Crippen molar-refractivity contribution in [3.8, 4) is 0 Å². The first-order valence-corrected chi connectivity index (χ1v) is 5.83. The lowest BCUT2D eigenvalue weighted by Crippen LogP contribution is -2.61. The molecule has 0 saturated carbocycles. The summed E-state index contributed by atoms with van der Waals surface area (Å²) < 4.78 is 227. The highest BCUT2D eigenvalue weighted by molar-refractivity contribution is 5.27. The molecule has 0 aromatic rings. The summed E-state index contributed by atoms with van der Waals surface area (Å²) in [7, 11) is 0. The molecule has 0 aliphatic rings. The van der Waals surface area contributed by atoms with Crippen molar-refractivity contribution in [3.05, 3.63) is 11.7 Å². The van der Waals surface area contributed by atoms with Crippen LogP contribution in [0.1, 0.15) is 0 Å². The molecule has 168 valence electrons. The molecule has 28 heavy (non-hydrogen) atoms. The van der Waals surface area contributed by atoms with E-state index in [4.69, 9.17) is 0 Å². The fourth-order valence-corrected chi connectivity index (χ4v) is 1.61. The Labute approximate surface area is 140 Å². The van der Waals surface area contributed by atoms with Gasteiger partial charge in [-0.05, 0) is 0 Å². The standard InChI is InChI=1S/C10H2F18/c11-1-4(14,15)7(18,19)6(16,17)3(13)2(12)5(8(20,21)22,9(23,24)25)10(26,27)28/h1H2. The van der Waals surface area contributed by atoms with Crippen LogP contribution in [0.25, 0.3) is 0 Å². The number of allylic oxidation sites excluding steroid dienone is 2. The van der Waals surface area contributed by atoms with Crippen LogP contribution in [-0.4, -0.2) is 43.0 Å². The molecule has 0 heterocycles. The lowest BCUT2D eigenvalue weighted by Gasteiger charge is -2.38. The van der Waals surface area contributed by atoms with Gasteiger partial charge in [-0.3, -0.25) is 0 Å². The maximum Gasteiger partial charge on any atom is 0.418 e. The second-order valence-electron chi connectivity index (χ2n) is 4.86. The molecular weight excluding hydrogens is 462 g/mol. The molecule has 0 atom stereocenters. The fourth-order valence-electron chi connectivity index (χ4n) is 1.61. The molecule has 0 N–H and O–H groups in total. The third-order valence-electron chi connectivity index (χ3n) is 3.09.